The third kappa shape index (κ3) is 4.40. The van der Waals surface area contributed by atoms with Gasteiger partial charge in [-0.25, -0.2) is 4.79 Å². The van der Waals surface area contributed by atoms with Crippen molar-refractivity contribution in [3.8, 4) is 0 Å². The zero-order chi connectivity index (χ0) is 19.6. The first-order chi connectivity index (χ1) is 12.8. The average Bonchev–Trinajstić information content (AvgIpc) is 2.66. The second kappa shape index (κ2) is 7.98. The van der Waals surface area contributed by atoms with E-state index in [2.05, 4.69) is 5.32 Å². The van der Waals surface area contributed by atoms with Crippen molar-refractivity contribution in [2.75, 3.05) is 33.2 Å². The second-order valence-corrected chi connectivity index (χ2v) is 7.62. The quantitative estimate of drug-likeness (QED) is 0.854. The van der Waals surface area contributed by atoms with Crippen molar-refractivity contribution < 1.29 is 14.4 Å². The molecule has 1 aromatic rings. The molecule has 0 aromatic heterocycles. The first-order valence-electron chi connectivity index (χ1n) is 9.52. The Labute approximate surface area is 160 Å². The van der Waals surface area contributed by atoms with Crippen LogP contribution in [-0.2, 0) is 4.79 Å². The lowest BCUT2D eigenvalue weighted by Crippen LogP contribution is -2.59. The van der Waals surface area contributed by atoms with Gasteiger partial charge in [-0.05, 0) is 38.8 Å². The molecule has 2 heterocycles. The number of hydrogen-bond acceptors (Lipinski definition) is 3. The molecule has 0 saturated carbocycles. The lowest BCUT2D eigenvalue weighted by Gasteiger charge is -2.38. The molecular formula is C20H28N4O3. The summed E-state index contributed by atoms with van der Waals surface area (Å²) in [5.41, 5.74) is 1.83. The highest BCUT2D eigenvalue weighted by Crippen LogP contribution is 2.16. The first kappa shape index (κ1) is 19.2. The summed E-state index contributed by atoms with van der Waals surface area (Å²) in [6, 6.07) is 7.47. The van der Waals surface area contributed by atoms with Crippen LogP contribution in [0.15, 0.2) is 24.3 Å². The molecule has 0 radical (unpaired) electrons. The number of piperidine rings is 1. The van der Waals surface area contributed by atoms with Crippen molar-refractivity contribution in [3.05, 3.63) is 35.4 Å². The third-order valence-electron chi connectivity index (χ3n) is 5.56. The molecule has 0 aliphatic carbocycles. The number of rotatable bonds is 2. The van der Waals surface area contributed by atoms with Crippen LogP contribution in [0.5, 0.6) is 0 Å². The molecule has 27 heavy (non-hydrogen) atoms. The predicted octanol–water partition coefficient (Wildman–Crippen LogP) is 1.47. The summed E-state index contributed by atoms with van der Waals surface area (Å²) in [5, 5.41) is 3.03. The fourth-order valence-electron chi connectivity index (χ4n) is 3.55. The van der Waals surface area contributed by atoms with Gasteiger partial charge in [0.25, 0.3) is 5.91 Å². The van der Waals surface area contributed by atoms with E-state index in [0.29, 0.717) is 25.2 Å². The normalized spacial score (nSPS) is 21.4. The van der Waals surface area contributed by atoms with Gasteiger partial charge in [0, 0.05) is 44.3 Å². The molecule has 0 spiro atoms. The van der Waals surface area contributed by atoms with E-state index in [-0.39, 0.29) is 36.5 Å². The molecule has 0 bridgehead atoms. The number of likely N-dealkylation sites (tertiary alicyclic amines) is 1. The van der Waals surface area contributed by atoms with E-state index in [1.165, 1.54) is 0 Å². The molecule has 7 nitrogen and oxygen atoms in total. The highest BCUT2D eigenvalue weighted by Gasteiger charge is 2.31. The monoisotopic (exact) mass is 372 g/mol. The molecule has 1 unspecified atom stereocenters. The minimum atomic E-state index is -0.188. The average molecular weight is 372 g/mol. The Kier molecular flexibility index (Phi) is 5.68. The van der Waals surface area contributed by atoms with Crippen LogP contribution < -0.4 is 5.32 Å². The van der Waals surface area contributed by atoms with Crippen LogP contribution >= 0.6 is 0 Å². The Bertz CT molecular complexity index is 710. The summed E-state index contributed by atoms with van der Waals surface area (Å²) in [6.07, 6.45) is 1.45. The topological polar surface area (TPSA) is 73.0 Å². The summed E-state index contributed by atoms with van der Waals surface area (Å²) in [7, 11) is 1.77. The van der Waals surface area contributed by atoms with Gasteiger partial charge in [0.15, 0.2) is 0 Å². The van der Waals surface area contributed by atoms with Gasteiger partial charge in [0.2, 0.25) is 5.91 Å². The Morgan fingerprint density at radius 3 is 2.30 bits per heavy atom. The molecule has 2 saturated heterocycles. The van der Waals surface area contributed by atoms with Crippen molar-refractivity contribution in [1.82, 2.24) is 20.0 Å². The van der Waals surface area contributed by atoms with Gasteiger partial charge in [0.05, 0.1) is 0 Å². The third-order valence-corrected chi connectivity index (χ3v) is 5.56. The number of nitrogens with one attached hydrogen (secondary N) is 1. The van der Waals surface area contributed by atoms with Crippen LogP contribution in [0.3, 0.4) is 0 Å². The maximum Gasteiger partial charge on any atom is 0.318 e. The molecule has 2 aliphatic heterocycles. The van der Waals surface area contributed by atoms with E-state index in [9.17, 15) is 14.4 Å². The summed E-state index contributed by atoms with van der Waals surface area (Å²) in [4.78, 5) is 42.1. The van der Waals surface area contributed by atoms with Gasteiger partial charge in [-0.1, -0.05) is 17.7 Å². The molecule has 4 amide bonds. The zero-order valence-corrected chi connectivity index (χ0v) is 16.3. The number of hydrogen-bond donors (Lipinski definition) is 1. The summed E-state index contributed by atoms with van der Waals surface area (Å²) in [5.74, 6) is 0.000629. The summed E-state index contributed by atoms with van der Waals surface area (Å²) in [6.45, 7) is 5.84. The molecule has 2 aliphatic rings. The van der Waals surface area contributed by atoms with Gasteiger partial charge in [-0.3, -0.25) is 9.59 Å². The van der Waals surface area contributed by atoms with E-state index in [4.69, 9.17) is 0 Å². The first-order valence-corrected chi connectivity index (χ1v) is 9.52. The largest absolute Gasteiger partial charge is 0.340 e. The van der Waals surface area contributed by atoms with Gasteiger partial charge >= 0.3 is 6.03 Å². The molecule has 7 heteroatoms. The molecular weight excluding hydrogens is 344 g/mol. The van der Waals surface area contributed by atoms with E-state index >= 15 is 0 Å². The molecule has 146 valence electrons. The number of urea groups is 1. The number of piperazine rings is 1. The number of likely N-dealkylation sites (N-methyl/N-ethyl adjacent to an activating group) is 1. The number of benzene rings is 1. The number of amides is 4. The highest BCUT2D eigenvalue weighted by molar-refractivity contribution is 5.94. The number of carbonyl (C=O) groups is 3. The summed E-state index contributed by atoms with van der Waals surface area (Å²) >= 11 is 0. The Morgan fingerprint density at radius 1 is 1.07 bits per heavy atom. The van der Waals surface area contributed by atoms with Crippen molar-refractivity contribution in [2.24, 2.45) is 0 Å². The lowest BCUT2D eigenvalue weighted by molar-refractivity contribution is -0.136. The van der Waals surface area contributed by atoms with Crippen molar-refractivity contribution in [3.63, 3.8) is 0 Å². The number of aryl methyl sites for hydroxylation is 1. The van der Waals surface area contributed by atoms with Crippen molar-refractivity contribution in [1.29, 1.82) is 0 Å². The van der Waals surface area contributed by atoms with Crippen LogP contribution in [0, 0.1) is 6.92 Å². The standard InChI is InChI=1S/C20H28N4O3/c1-14-4-6-16(7-5-14)19(26)23-10-8-17(9-11-23)21-20(27)24-12-15(2)22(3)18(25)13-24/h4-7,15,17H,8-13H2,1-3H3,(H,21,27). The van der Waals surface area contributed by atoms with Crippen LogP contribution in [0.1, 0.15) is 35.7 Å². The molecule has 3 rings (SSSR count). The fraction of sp³-hybridized carbons (Fsp3) is 0.550. The van der Waals surface area contributed by atoms with Crippen molar-refractivity contribution in [2.45, 2.75) is 38.8 Å². The van der Waals surface area contributed by atoms with E-state index in [1.807, 2.05) is 43.0 Å². The van der Waals surface area contributed by atoms with E-state index < -0.39 is 0 Å². The van der Waals surface area contributed by atoms with Gasteiger partial charge in [-0.2, -0.15) is 0 Å². The SMILES string of the molecule is Cc1ccc(C(=O)N2CCC(NC(=O)N3CC(=O)N(C)C(C)C3)CC2)cc1. The maximum absolute atomic E-state index is 12.6. The molecule has 1 aromatic carbocycles. The minimum Gasteiger partial charge on any atom is -0.340 e. The van der Waals surface area contributed by atoms with E-state index in [0.717, 1.165) is 18.4 Å². The fourth-order valence-corrected chi connectivity index (χ4v) is 3.55. The predicted molar refractivity (Wildman–Crippen MR) is 102 cm³/mol. The summed E-state index contributed by atoms with van der Waals surface area (Å²) < 4.78 is 0. The smallest absolute Gasteiger partial charge is 0.318 e. The van der Waals surface area contributed by atoms with Crippen molar-refractivity contribution >= 4 is 17.8 Å². The Balaban J connectivity index is 1.49. The molecule has 1 N–H and O–H groups in total. The lowest BCUT2D eigenvalue weighted by atomic mass is 10.0. The van der Waals surface area contributed by atoms with Crippen LogP contribution in [0.25, 0.3) is 0 Å². The molecule has 2 fully saturated rings. The minimum absolute atomic E-state index is 0.0194. The van der Waals surface area contributed by atoms with Gasteiger partial charge < -0.3 is 20.0 Å². The highest BCUT2D eigenvalue weighted by atomic mass is 16.2. The zero-order valence-electron chi connectivity index (χ0n) is 16.3. The van der Waals surface area contributed by atoms with Crippen LogP contribution in [0.4, 0.5) is 4.79 Å². The van der Waals surface area contributed by atoms with Crippen LogP contribution in [0.2, 0.25) is 0 Å². The maximum atomic E-state index is 12.6. The Morgan fingerprint density at radius 2 is 1.70 bits per heavy atom. The molecule has 1 atom stereocenters. The number of carbonyl (C=O) groups excluding carboxylic acids is 3. The number of nitrogens with zero attached hydrogens (tertiary/aromatic N) is 3. The second-order valence-electron chi connectivity index (χ2n) is 7.62. The van der Waals surface area contributed by atoms with E-state index in [1.54, 1.807) is 16.8 Å². The Hall–Kier alpha value is -2.57. The van der Waals surface area contributed by atoms with Gasteiger partial charge in [-0.15, -0.1) is 0 Å². The van der Waals surface area contributed by atoms with Gasteiger partial charge in [0.1, 0.15) is 6.54 Å². The van der Waals surface area contributed by atoms with Crippen LogP contribution in [-0.4, -0.2) is 77.9 Å².